The lowest BCUT2D eigenvalue weighted by molar-refractivity contribution is -0.140. The zero-order valence-electron chi connectivity index (χ0n) is 18.4. The van der Waals surface area contributed by atoms with Crippen molar-refractivity contribution in [1.82, 2.24) is 10.3 Å². The lowest BCUT2D eigenvalue weighted by Gasteiger charge is -2.46. The van der Waals surface area contributed by atoms with E-state index in [1.807, 2.05) is 0 Å². The maximum atomic E-state index is 12.6. The topological polar surface area (TPSA) is 118 Å². The second-order valence-electron chi connectivity index (χ2n) is 8.39. The van der Waals surface area contributed by atoms with Crippen molar-refractivity contribution in [1.29, 1.82) is 0 Å². The van der Waals surface area contributed by atoms with Gasteiger partial charge >= 0.3 is 5.97 Å². The van der Waals surface area contributed by atoms with Crippen LogP contribution in [-0.4, -0.2) is 47.0 Å². The summed E-state index contributed by atoms with van der Waals surface area (Å²) in [5, 5.41) is 15.9. The Labute approximate surface area is 206 Å². The van der Waals surface area contributed by atoms with Gasteiger partial charge in [-0.15, -0.1) is 0 Å². The molecule has 10 heteroatoms. The molecule has 1 atom stereocenters. The van der Waals surface area contributed by atoms with Crippen molar-refractivity contribution >= 4 is 46.5 Å². The van der Waals surface area contributed by atoms with Crippen molar-refractivity contribution in [3.8, 4) is 0 Å². The minimum absolute atomic E-state index is 0.0666. The number of nitrogens with one attached hydrogen (secondary N) is 2. The summed E-state index contributed by atoms with van der Waals surface area (Å²) in [6, 6.07) is 5.91. The fourth-order valence-electron chi connectivity index (χ4n) is 4.48. The molecule has 2 aromatic rings. The van der Waals surface area contributed by atoms with Crippen LogP contribution >= 0.6 is 23.2 Å². The van der Waals surface area contributed by atoms with E-state index in [0.29, 0.717) is 43.0 Å². The van der Waals surface area contributed by atoms with Crippen molar-refractivity contribution in [2.75, 3.05) is 18.5 Å². The minimum atomic E-state index is -1.01. The number of nitrogens with zero attached hydrogens (tertiary/aromatic N) is 1. The molecule has 0 bridgehead atoms. The molecule has 0 unspecified atom stereocenters. The third kappa shape index (κ3) is 4.53. The Hall–Kier alpha value is -2.94. The molecule has 1 aromatic carbocycles. The highest BCUT2D eigenvalue weighted by atomic mass is 35.5. The summed E-state index contributed by atoms with van der Waals surface area (Å²) in [6.07, 6.45) is 3.97. The molecule has 1 aliphatic heterocycles. The van der Waals surface area contributed by atoms with Gasteiger partial charge in [-0.2, -0.15) is 0 Å². The van der Waals surface area contributed by atoms with Crippen LogP contribution < -0.4 is 10.6 Å². The predicted molar refractivity (Wildman–Crippen MR) is 127 cm³/mol. The van der Waals surface area contributed by atoms with Crippen LogP contribution in [0.4, 0.5) is 5.69 Å². The summed E-state index contributed by atoms with van der Waals surface area (Å²) in [5.41, 5.74) is 2.02. The number of carboxylic acids is 1. The van der Waals surface area contributed by atoms with Crippen molar-refractivity contribution in [3.05, 3.63) is 69.1 Å². The Morgan fingerprint density at radius 1 is 1.15 bits per heavy atom. The highest BCUT2D eigenvalue weighted by Gasteiger charge is 2.53. The molecule has 1 aliphatic carbocycles. The molecule has 2 aliphatic rings. The van der Waals surface area contributed by atoms with Gasteiger partial charge in [-0.25, -0.2) is 4.79 Å². The normalized spacial score (nSPS) is 17.8. The van der Waals surface area contributed by atoms with Crippen LogP contribution in [0, 0.1) is 5.41 Å². The quantitative estimate of drug-likeness (QED) is 0.524. The average molecular weight is 504 g/mol. The fourth-order valence-corrected chi connectivity index (χ4v) is 5.02. The van der Waals surface area contributed by atoms with Crippen molar-refractivity contribution < 1.29 is 24.2 Å². The number of carbonyl (C=O) groups is 3. The number of anilines is 1. The standard InChI is InChI=1S/C24H23Cl2N3O5/c1-13-20(24(21(13)30)6-8-34-9-7-24)29-18(23(32)33)10-14-2-4-15(5-3-14)28-22(31)19-16(25)11-27-12-17(19)26/h2-5,11-12,18,29H,6-10H2,1H3,(H,28,31)(H,32,33)/t18-/m0/s1. The van der Waals surface area contributed by atoms with Crippen LogP contribution in [0.25, 0.3) is 0 Å². The van der Waals surface area contributed by atoms with Crippen LogP contribution in [0.3, 0.4) is 0 Å². The zero-order valence-corrected chi connectivity index (χ0v) is 19.9. The third-order valence-electron chi connectivity index (χ3n) is 6.32. The third-order valence-corrected chi connectivity index (χ3v) is 6.90. The maximum Gasteiger partial charge on any atom is 0.326 e. The molecule has 178 valence electrons. The summed E-state index contributed by atoms with van der Waals surface area (Å²) < 4.78 is 5.39. The highest BCUT2D eigenvalue weighted by Crippen LogP contribution is 2.48. The average Bonchev–Trinajstić information content (AvgIpc) is 2.82. The Kier molecular flexibility index (Phi) is 6.93. The molecule has 0 saturated carbocycles. The number of hydrogen-bond acceptors (Lipinski definition) is 6. The number of amides is 1. The van der Waals surface area contributed by atoms with Gasteiger partial charge in [0.25, 0.3) is 5.91 Å². The van der Waals surface area contributed by atoms with E-state index in [4.69, 9.17) is 27.9 Å². The number of pyridine rings is 1. The molecule has 34 heavy (non-hydrogen) atoms. The van der Waals surface area contributed by atoms with Gasteiger partial charge in [-0.1, -0.05) is 35.3 Å². The van der Waals surface area contributed by atoms with E-state index in [2.05, 4.69) is 15.6 Å². The molecule has 1 fully saturated rings. The number of hydrogen-bond donors (Lipinski definition) is 3. The molecule has 2 heterocycles. The van der Waals surface area contributed by atoms with E-state index in [9.17, 15) is 19.5 Å². The molecule has 1 saturated heterocycles. The van der Waals surface area contributed by atoms with Gasteiger partial charge in [0.15, 0.2) is 5.78 Å². The van der Waals surface area contributed by atoms with E-state index in [0.717, 1.165) is 5.56 Å². The number of halogens is 2. The molecular weight excluding hydrogens is 481 g/mol. The Bertz CT molecular complexity index is 1150. The van der Waals surface area contributed by atoms with Gasteiger partial charge in [0.1, 0.15) is 6.04 Å². The number of carboxylic acid groups (broad SMARTS) is 1. The largest absolute Gasteiger partial charge is 0.480 e. The van der Waals surface area contributed by atoms with Crippen molar-refractivity contribution in [2.45, 2.75) is 32.2 Å². The number of ketones is 1. The number of benzene rings is 1. The monoisotopic (exact) mass is 503 g/mol. The summed E-state index contributed by atoms with van der Waals surface area (Å²) in [6.45, 7) is 2.68. The van der Waals surface area contributed by atoms with Crippen molar-refractivity contribution in [2.24, 2.45) is 5.41 Å². The smallest absolute Gasteiger partial charge is 0.326 e. The Balaban J connectivity index is 1.45. The summed E-state index contributed by atoms with van der Waals surface area (Å²) in [5.74, 6) is -1.42. The van der Waals surface area contributed by atoms with Crippen molar-refractivity contribution in [3.63, 3.8) is 0 Å². The summed E-state index contributed by atoms with van der Waals surface area (Å²) >= 11 is 12.1. The first-order valence-corrected chi connectivity index (χ1v) is 11.5. The van der Waals surface area contributed by atoms with Crippen LogP contribution in [0.2, 0.25) is 10.0 Å². The first kappa shape index (κ1) is 24.2. The fraction of sp³-hybridized carbons (Fsp3) is 0.333. The van der Waals surface area contributed by atoms with Gasteiger partial charge in [-0.05, 0) is 37.5 Å². The van der Waals surface area contributed by atoms with Gasteiger partial charge in [0.2, 0.25) is 0 Å². The van der Waals surface area contributed by atoms with Gasteiger partial charge in [-0.3, -0.25) is 14.6 Å². The van der Waals surface area contributed by atoms with E-state index in [1.165, 1.54) is 12.4 Å². The zero-order chi connectivity index (χ0) is 24.5. The summed E-state index contributed by atoms with van der Waals surface area (Å²) in [7, 11) is 0. The van der Waals surface area contributed by atoms with Gasteiger partial charge in [0, 0.05) is 49.0 Å². The number of carbonyl (C=O) groups excluding carboxylic acids is 2. The molecule has 1 aromatic heterocycles. The first-order chi connectivity index (χ1) is 16.2. The lowest BCUT2D eigenvalue weighted by Crippen LogP contribution is -2.55. The molecule has 0 radical (unpaired) electrons. The molecular formula is C24H23Cl2N3O5. The summed E-state index contributed by atoms with van der Waals surface area (Å²) in [4.78, 5) is 40.9. The van der Waals surface area contributed by atoms with Gasteiger partial charge in [0.05, 0.1) is 21.0 Å². The number of rotatable bonds is 7. The van der Waals surface area contributed by atoms with Crippen LogP contribution in [0.5, 0.6) is 0 Å². The maximum absolute atomic E-state index is 12.6. The number of ether oxygens (including phenoxy) is 1. The lowest BCUT2D eigenvalue weighted by atomic mass is 9.62. The number of allylic oxidation sites excluding steroid dienone is 2. The second-order valence-corrected chi connectivity index (χ2v) is 9.21. The number of aromatic nitrogens is 1. The Morgan fingerprint density at radius 2 is 1.76 bits per heavy atom. The molecule has 8 nitrogen and oxygen atoms in total. The SMILES string of the molecule is CC1=C(N[C@@H](Cc2ccc(NC(=O)c3c(Cl)cncc3Cl)cc2)C(=O)O)C2(CCOCC2)C1=O. The molecule has 1 spiro atoms. The first-order valence-electron chi connectivity index (χ1n) is 10.8. The minimum Gasteiger partial charge on any atom is -0.480 e. The van der Waals surface area contributed by atoms with Crippen LogP contribution in [0.15, 0.2) is 47.9 Å². The Morgan fingerprint density at radius 3 is 2.35 bits per heavy atom. The van der Waals surface area contributed by atoms with Crippen LogP contribution in [-0.2, 0) is 20.7 Å². The van der Waals surface area contributed by atoms with E-state index in [-0.39, 0.29) is 27.8 Å². The number of aliphatic carboxylic acids is 1. The molecule has 1 amide bonds. The van der Waals surface area contributed by atoms with E-state index >= 15 is 0 Å². The van der Waals surface area contributed by atoms with E-state index < -0.39 is 23.3 Å². The van der Waals surface area contributed by atoms with E-state index in [1.54, 1.807) is 31.2 Å². The van der Waals surface area contributed by atoms with Crippen LogP contribution in [0.1, 0.15) is 35.7 Å². The van der Waals surface area contributed by atoms with Gasteiger partial charge < -0.3 is 20.5 Å². The second kappa shape index (κ2) is 9.74. The molecule has 4 rings (SSSR count). The number of Topliss-reactive ketones (excluding diaryl/α,β-unsaturated/α-hetero) is 1. The predicted octanol–water partition coefficient (Wildman–Crippen LogP) is 3.88. The molecule has 3 N–H and O–H groups in total. The highest BCUT2D eigenvalue weighted by molar-refractivity contribution is 6.40.